The molecule has 1 aromatic heterocycles. The Bertz CT molecular complexity index is 1110. The Morgan fingerprint density at radius 1 is 0.893 bits per heavy atom. The molecule has 2 amide bonds. The highest BCUT2D eigenvalue weighted by atomic mass is 35.5. The van der Waals surface area contributed by atoms with Crippen LogP contribution in [0.25, 0.3) is 22.4 Å². The van der Waals surface area contributed by atoms with Gasteiger partial charge in [-0.1, -0.05) is 11.6 Å². The fourth-order valence-corrected chi connectivity index (χ4v) is 3.07. The van der Waals surface area contributed by atoms with E-state index in [-0.39, 0.29) is 6.03 Å². The maximum atomic E-state index is 12.1. The number of fused-ring (bicyclic) bond motifs is 1. The summed E-state index contributed by atoms with van der Waals surface area (Å²) >= 11 is 5.85. The van der Waals surface area contributed by atoms with Crippen LogP contribution in [0, 0.1) is 13.8 Å². The number of imidazole rings is 1. The molecule has 0 aliphatic rings. The summed E-state index contributed by atoms with van der Waals surface area (Å²) in [4.78, 5) is 20.2. The van der Waals surface area contributed by atoms with Crippen molar-refractivity contribution < 1.29 is 4.79 Å². The number of amides is 2. The number of hydrogen-bond donors (Lipinski definition) is 3. The Morgan fingerprint density at radius 3 is 2.11 bits per heavy atom. The van der Waals surface area contributed by atoms with Crippen LogP contribution in [0.1, 0.15) is 11.1 Å². The number of nitrogens with one attached hydrogen (secondary N) is 3. The number of aryl methyl sites for hydroxylation is 2. The van der Waals surface area contributed by atoms with Crippen LogP contribution in [0.4, 0.5) is 16.2 Å². The molecular weight excluding hydrogens is 372 g/mol. The number of benzene rings is 3. The first-order valence-electron chi connectivity index (χ1n) is 8.89. The maximum absolute atomic E-state index is 12.1. The van der Waals surface area contributed by atoms with Gasteiger partial charge in [-0.15, -0.1) is 0 Å². The average Bonchev–Trinajstić information content (AvgIpc) is 3.07. The number of halogens is 1. The van der Waals surface area contributed by atoms with Crippen LogP contribution in [0.15, 0.2) is 60.7 Å². The number of rotatable bonds is 3. The number of carbonyl (C=O) groups excluding carboxylic acids is 1. The second-order valence-corrected chi connectivity index (χ2v) is 7.14. The van der Waals surface area contributed by atoms with E-state index in [0.29, 0.717) is 16.4 Å². The molecule has 140 valence electrons. The van der Waals surface area contributed by atoms with Crippen molar-refractivity contribution in [3.05, 3.63) is 76.8 Å². The zero-order valence-electron chi connectivity index (χ0n) is 15.5. The molecule has 0 atom stereocenters. The van der Waals surface area contributed by atoms with Gasteiger partial charge in [-0.3, -0.25) is 0 Å². The van der Waals surface area contributed by atoms with Gasteiger partial charge < -0.3 is 15.6 Å². The molecule has 0 bridgehead atoms. The molecule has 0 aliphatic heterocycles. The van der Waals surface area contributed by atoms with Gasteiger partial charge in [0.25, 0.3) is 0 Å². The molecule has 28 heavy (non-hydrogen) atoms. The number of anilines is 2. The van der Waals surface area contributed by atoms with Crippen molar-refractivity contribution in [1.82, 2.24) is 9.97 Å². The van der Waals surface area contributed by atoms with E-state index in [2.05, 4.69) is 46.6 Å². The van der Waals surface area contributed by atoms with Crippen LogP contribution < -0.4 is 10.6 Å². The van der Waals surface area contributed by atoms with Crippen LogP contribution in [0.3, 0.4) is 0 Å². The minimum atomic E-state index is -0.315. The molecule has 0 spiro atoms. The minimum Gasteiger partial charge on any atom is -0.338 e. The van der Waals surface area contributed by atoms with Crippen LogP contribution in [0.5, 0.6) is 0 Å². The molecule has 0 fully saturated rings. The minimum absolute atomic E-state index is 0.315. The Hall–Kier alpha value is -3.31. The average molecular weight is 391 g/mol. The lowest BCUT2D eigenvalue weighted by molar-refractivity contribution is 0.262. The second-order valence-electron chi connectivity index (χ2n) is 6.70. The van der Waals surface area contributed by atoms with Gasteiger partial charge in [-0.25, -0.2) is 9.78 Å². The van der Waals surface area contributed by atoms with Gasteiger partial charge in [0.15, 0.2) is 0 Å². The van der Waals surface area contributed by atoms with Gasteiger partial charge in [-0.05, 0) is 85.6 Å². The number of aromatic nitrogens is 2. The SMILES string of the molecule is Cc1cc2nc(-c3ccc(NC(=O)Nc4ccc(Cl)cc4)cc3)[nH]c2cc1C. The van der Waals surface area contributed by atoms with Crippen molar-refractivity contribution >= 4 is 40.0 Å². The van der Waals surface area contributed by atoms with Crippen LogP contribution in [-0.2, 0) is 0 Å². The third-order valence-corrected chi connectivity index (χ3v) is 4.87. The molecule has 6 heteroatoms. The molecule has 0 aliphatic carbocycles. The van der Waals surface area contributed by atoms with Gasteiger partial charge in [0.1, 0.15) is 5.82 Å². The predicted octanol–water partition coefficient (Wildman–Crippen LogP) is 6.14. The Kier molecular flexibility index (Phi) is 4.75. The molecule has 1 heterocycles. The van der Waals surface area contributed by atoms with Crippen molar-refractivity contribution in [3.63, 3.8) is 0 Å². The summed E-state index contributed by atoms with van der Waals surface area (Å²) in [6.45, 7) is 4.17. The first kappa shape index (κ1) is 18.1. The van der Waals surface area contributed by atoms with E-state index in [1.807, 2.05) is 24.3 Å². The Morgan fingerprint density at radius 2 is 1.46 bits per heavy atom. The van der Waals surface area contributed by atoms with E-state index in [1.165, 1.54) is 11.1 Å². The normalized spacial score (nSPS) is 10.8. The maximum Gasteiger partial charge on any atom is 0.323 e. The first-order valence-corrected chi connectivity index (χ1v) is 9.27. The van der Waals surface area contributed by atoms with Crippen molar-refractivity contribution in [2.45, 2.75) is 13.8 Å². The highest BCUT2D eigenvalue weighted by molar-refractivity contribution is 6.30. The number of aromatic amines is 1. The molecule has 3 N–H and O–H groups in total. The fraction of sp³-hybridized carbons (Fsp3) is 0.0909. The summed E-state index contributed by atoms with van der Waals surface area (Å²) in [5.74, 6) is 0.803. The zero-order valence-corrected chi connectivity index (χ0v) is 16.3. The van der Waals surface area contributed by atoms with Crippen molar-refractivity contribution in [2.75, 3.05) is 10.6 Å². The molecule has 0 radical (unpaired) electrons. The largest absolute Gasteiger partial charge is 0.338 e. The summed E-state index contributed by atoms with van der Waals surface area (Å²) in [6, 6.07) is 18.4. The molecule has 0 unspecified atom stereocenters. The third kappa shape index (κ3) is 3.85. The zero-order chi connectivity index (χ0) is 19.7. The van der Waals surface area contributed by atoms with E-state index < -0.39 is 0 Å². The van der Waals surface area contributed by atoms with Gasteiger partial charge in [-0.2, -0.15) is 0 Å². The molecule has 5 nitrogen and oxygen atoms in total. The van der Waals surface area contributed by atoms with Crippen molar-refractivity contribution in [3.8, 4) is 11.4 Å². The summed E-state index contributed by atoms with van der Waals surface area (Å²) < 4.78 is 0. The highest BCUT2D eigenvalue weighted by Crippen LogP contribution is 2.24. The van der Waals surface area contributed by atoms with Crippen LogP contribution in [0.2, 0.25) is 5.02 Å². The van der Waals surface area contributed by atoms with Gasteiger partial charge >= 0.3 is 6.03 Å². The van der Waals surface area contributed by atoms with E-state index in [4.69, 9.17) is 11.6 Å². The number of H-pyrrole nitrogens is 1. The highest BCUT2D eigenvalue weighted by Gasteiger charge is 2.08. The van der Waals surface area contributed by atoms with E-state index in [9.17, 15) is 4.79 Å². The topological polar surface area (TPSA) is 69.8 Å². The molecular formula is C22H19ClN4O. The molecule has 0 saturated heterocycles. The number of nitrogens with zero attached hydrogens (tertiary/aromatic N) is 1. The lowest BCUT2D eigenvalue weighted by Gasteiger charge is -2.08. The Labute approximate surface area is 167 Å². The second kappa shape index (κ2) is 7.37. The van der Waals surface area contributed by atoms with Crippen molar-refractivity contribution in [1.29, 1.82) is 0 Å². The van der Waals surface area contributed by atoms with Crippen LogP contribution >= 0.6 is 11.6 Å². The lowest BCUT2D eigenvalue weighted by Crippen LogP contribution is -2.19. The monoisotopic (exact) mass is 390 g/mol. The van der Waals surface area contributed by atoms with Gasteiger partial charge in [0, 0.05) is 22.0 Å². The van der Waals surface area contributed by atoms with Crippen molar-refractivity contribution in [2.24, 2.45) is 0 Å². The van der Waals surface area contributed by atoms with Gasteiger partial charge in [0.2, 0.25) is 0 Å². The fourth-order valence-electron chi connectivity index (χ4n) is 2.94. The number of hydrogen-bond acceptors (Lipinski definition) is 2. The predicted molar refractivity (Wildman–Crippen MR) is 115 cm³/mol. The van der Waals surface area contributed by atoms with E-state index in [1.54, 1.807) is 24.3 Å². The summed E-state index contributed by atoms with van der Waals surface area (Å²) in [6.07, 6.45) is 0. The molecule has 0 saturated carbocycles. The third-order valence-electron chi connectivity index (χ3n) is 4.62. The molecule has 3 aromatic carbocycles. The van der Waals surface area contributed by atoms with Crippen LogP contribution in [-0.4, -0.2) is 16.0 Å². The summed E-state index contributed by atoms with van der Waals surface area (Å²) in [7, 11) is 0. The first-order chi connectivity index (χ1) is 13.5. The smallest absolute Gasteiger partial charge is 0.323 e. The summed E-state index contributed by atoms with van der Waals surface area (Å²) in [5.41, 5.74) is 6.73. The Balaban J connectivity index is 1.47. The standard InChI is InChI=1S/C22H19ClN4O/c1-13-11-19-20(12-14(13)2)27-21(26-19)15-3-7-17(8-4-15)24-22(28)25-18-9-5-16(23)6-10-18/h3-12H,1-2H3,(H,26,27)(H2,24,25,28). The quantitative estimate of drug-likeness (QED) is 0.393. The van der Waals surface area contributed by atoms with E-state index in [0.717, 1.165) is 22.4 Å². The molecule has 4 rings (SSSR count). The van der Waals surface area contributed by atoms with E-state index >= 15 is 0 Å². The van der Waals surface area contributed by atoms with Gasteiger partial charge in [0.05, 0.1) is 11.0 Å². The number of carbonyl (C=O) groups is 1. The summed E-state index contributed by atoms with van der Waals surface area (Å²) in [5, 5.41) is 6.20. The lowest BCUT2D eigenvalue weighted by atomic mass is 10.1. The molecule has 4 aromatic rings. The number of urea groups is 1.